The maximum Gasteiger partial charge on any atom is 0.152 e. The monoisotopic (exact) mass is 295 g/mol. The van der Waals surface area contributed by atoms with Crippen molar-refractivity contribution in [1.82, 2.24) is 19.7 Å². The van der Waals surface area contributed by atoms with Crippen LogP contribution in [0, 0.1) is 6.92 Å². The third kappa shape index (κ3) is 3.26. The summed E-state index contributed by atoms with van der Waals surface area (Å²) in [6.45, 7) is 5.43. The number of hydrogen-bond donors (Lipinski definition) is 1. The standard InChI is InChI=1S/C11H14BrN5/c1-3-13-10-4-8(2)15-11(16-10)7-17-6-9(12)5-14-17/h4-6H,3,7H2,1-2H3,(H,13,15,16). The fourth-order valence-electron chi connectivity index (χ4n) is 1.54. The molecule has 2 aromatic heterocycles. The van der Waals surface area contributed by atoms with Crippen molar-refractivity contribution >= 4 is 21.7 Å². The fraction of sp³-hybridized carbons (Fsp3) is 0.364. The van der Waals surface area contributed by atoms with E-state index in [0.29, 0.717) is 6.54 Å². The molecule has 0 saturated carbocycles. The molecule has 0 aliphatic carbocycles. The highest BCUT2D eigenvalue weighted by atomic mass is 79.9. The van der Waals surface area contributed by atoms with Crippen LogP contribution < -0.4 is 5.32 Å². The summed E-state index contributed by atoms with van der Waals surface area (Å²) in [6.07, 6.45) is 3.65. The van der Waals surface area contributed by atoms with Crippen LogP contribution in [-0.4, -0.2) is 26.3 Å². The van der Waals surface area contributed by atoms with E-state index in [1.807, 2.05) is 26.1 Å². The highest BCUT2D eigenvalue weighted by Gasteiger charge is 2.03. The predicted octanol–water partition coefficient (Wildman–Crippen LogP) is 2.22. The molecule has 6 heteroatoms. The Hall–Kier alpha value is -1.43. The quantitative estimate of drug-likeness (QED) is 0.940. The highest BCUT2D eigenvalue weighted by Crippen LogP contribution is 2.09. The highest BCUT2D eigenvalue weighted by molar-refractivity contribution is 9.10. The molecule has 0 bridgehead atoms. The van der Waals surface area contributed by atoms with Crippen LogP contribution in [0.2, 0.25) is 0 Å². The summed E-state index contributed by atoms with van der Waals surface area (Å²) in [5, 5.41) is 7.38. The summed E-state index contributed by atoms with van der Waals surface area (Å²) < 4.78 is 2.76. The van der Waals surface area contributed by atoms with Gasteiger partial charge < -0.3 is 5.32 Å². The molecule has 90 valence electrons. The molecule has 0 amide bonds. The molecule has 0 fully saturated rings. The average Bonchev–Trinajstić information content (AvgIpc) is 2.63. The Kier molecular flexibility index (Phi) is 3.73. The molecule has 5 nitrogen and oxygen atoms in total. The van der Waals surface area contributed by atoms with Gasteiger partial charge in [-0.1, -0.05) is 0 Å². The fourth-order valence-corrected chi connectivity index (χ4v) is 1.87. The third-order valence-corrected chi connectivity index (χ3v) is 2.57. The molecule has 2 heterocycles. The minimum Gasteiger partial charge on any atom is -0.370 e. The summed E-state index contributed by atoms with van der Waals surface area (Å²) in [5.41, 5.74) is 0.956. The van der Waals surface area contributed by atoms with Crippen molar-refractivity contribution < 1.29 is 0 Å². The first-order chi connectivity index (χ1) is 8.17. The summed E-state index contributed by atoms with van der Waals surface area (Å²) in [6, 6.07) is 1.94. The number of hydrogen-bond acceptors (Lipinski definition) is 4. The largest absolute Gasteiger partial charge is 0.370 e. The Morgan fingerprint density at radius 1 is 1.41 bits per heavy atom. The molecule has 0 atom stereocenters. The van der Waals surface area contributed by atoms with Crippen molar-refractivity contribution in [1.29, 1.82) is 0 Å². The molecule has 1 N–H and O–H groups in total. The van der Waals surface area contributed by atoms with Crippen LogP contribution in [0.1, 0.15) is 18.4 Å². The lowest BCUT2D eigenvalue weighted by Crippen LogP contribution is -2.08. The topological polar surface area (TPSA) is 55.6 Å². The number of anilines is 1. The van der Waals surface area contributed by atoms with Crippen molar-refractivity contribution in [3.63, 3.8) is 0 Å². The lowest BCUT2D eigenvalue weighted by atomic mass is 10.4. The molecular formula is C11H14BrN5. The number of nitrogens with zero attached hydrogens (tertiary/aromatic N) is 4. The summed E-state index contributed by atoms with van der Waals surface area (Å²) >= 11 is 3.36. The lowest BCUT2D eigenvalue weighted by Gasteiger charge is -2.06. The van der Waals surface area contributed by atoms with Gasteiger partial charge in [-0.3, -0.25) is 4.68 Å². The van der Waals surface area contributed by atoms with Gasteiger partial charge >= 0.3 is 0 Å². The van der Waals surface area contributed by atoms with E-state index in [0.717, 1.165) is 28.4 Å². The number of nitrogens with one attached hydrogen (secondary N) is 1. The molecule has 2 rings (SSSR count). The maximum absolute atomic E-state index is 4.43. The van der Waals surface area contributed by atoms with Gasteiger partial charge in [0.25, 0.3) is 0 Å². The zero-order valence-electron chi connectivity index (χ0n) is 9.81. The molecule has 0 aliphatic heterocycles. The van der Waals surface area contributed by atoms with Gasteiger partial charge in [-0.15, -0.1) is 0 Å². The van der Waals surface area contributed by atoms with E-state index in [-0.39, 0.29) is 0 Å². The van der Waals surface area contributed by atoms with Crippen LogP contribution in [0.25, 0.3) is 0 Å². The second-order valence-electron chi connectivity index (χ2n) is 3.70. The van der Waals surface area contributed by atoms with Crippen molar-refractivity contribution in [3.8, 4) is 0 Å². The molecule has 0 aliphatic rings. The van der Waals surface area contributed by atoms with E-state index in [2.05, 4.69) is 36.3 Å². The van der Waals surface area contributed by atoms with Crippen molar-refractivity contribution in [2.75, 3.05) is 11.9 Å². The third-order valence-electron chi connectivity index (χ3n) is 2.16. The Labute approximate surface area is 108 Å². The maximum atomic E-state index is 4.43. The van der Waals surface area contributed by atoms with Crippen LogP contribution in [0.4, 0.5) is 5.82 Å². The molecule has 17 heavy (non-hydrogen) atoms. The van der Waals surface area contributed by atoms with E-state index in [1.165, 1.54) is 0 Å². The SMILES string of the molecule is CCNc1cc(C)nc(Cn2cc(Br)cn2)n1. The minimum atomic E-state index is 0.575. The average molecular weight is 296 g/mol. The van der Waals surface area contributed by atoms with Gasteiger partial charge in [-0.2, -0.15) is 5.10 Å². The van der Waals surface area contributed by atoms with Crippen LogP contribution in [0.15, 0.2) is 22.9 Å². The van der Waals surface area contributed by atoms with Crippen molar-refractivity contribution in [2.45, 2.75) is 20.4 Å². The van der Waals surface area contributed by atoms with E-state index in [9.17, 15) is 0 Å². The van der Waals surface area contributed by atoms with Gasteiger partial charge in [-0.25, -0.2) is 9.97 Å². The molecule has 0 unspecified atom stereocenters. The van der Waals surface area contributed by atoms with Crippen LogP contribution in [0.3, 0.4) is 0 Å². The van der Waals surface area contributed by atoms with Gasteiger partial charge in [0, 0.05) is 24.5 Å². The van der Waals surface area contributed by atoms with E-state index < -0.39 is 0 Å². The Balaban J connectivity index is 2.20. The number of rotatable bonds is 4. The molecule has 0 spiro atoms. The van der Waals surface area contributed by atoms with E-state index >= 15 is 0 Å². The van der Waals surface area contributed by atoms with Crippen molar-refractivity contribution in [2.24, 2.45) is 0 Å². The normalized spacial score (nSPS) is 10.5. The van der Waals surface area contributed by atoms with Gasteiger partial charge in [0.15, 0.2) is 5.82 Å². The predicted molar refractivity (Wildman–Crippen MR) is 70.0 cm³/mol. The minimum absolute atomic E-state index is 0.575. The second-order valence-corrected chi connectivity index (χ2v) is 4.61. The number of aromatic nitrogens is 4. The smallest absolute Gasteiger partial charge is 0.152 e. The molecule has 0 radical (unpaired) electrons. The molecule has 0 saturated heterocycles. The number of halogens is 1. The zero-order chi connectivity index (χ0) is 12.3. The first-order valence-corrected chi connectivity index (χ1v) is 6.23. The Morgan fingerprint density at radius 3 is 2.88 bits per heavy atom. The van der Waals surface area contributed by atoms with E-state index in [4.69, 9.17) is 0 Å². The molecule has 0 aromatic carbocycles. The zero-order valence-corrected chi connectivity index (χ0v) is 11.4. The first kappa shape index (κ1) is 12.0. The van der Waals surface area contributed by atoms with Crippen LogP contribution >= 0.6 is 15.9 Å². The van der Waals surface area contributed by atoms with Gasteiger partial charge in [0.1, 0.15) is 12.4 Å². The van der Waals surface area contributed by atoms with E-state index in [1.54, 1.807) is 10.9 Å². The first-order valence-electron chi connectivity index (χ1n) is 5.43. The summed E-state index contributed by atoms with van der Waals surface area (Å²) in [5.74, 6) is 1.62. The van der Waals surface area contributed by atoms with Crippen LogP contribution in [0.5, 0.6) is 0 Å². The Bertz CT molecular complexity index is 508. The van der Waals surface area contributed by atoms with Gasteiger partial charge in [0.2, 0.25) is 0 Å². The van der Waals surface area contributed by atoms with Crippen molar-refractivity contribution in [3.05, 3.63) is 34.5 Å². The molecular weight excluding hydrogens is 282 g/mol. The summed E-state index contributed by atoms with van der Waals surface area (Å²) in [4.78, 5) is 8.82. The lowest BCUT2D eigenvalue weighted by molar-refractivity contribution is 0.653. The summed E-state index contributed by atoms with van der Waals surface area (Å²) in [7, 11) is 0. The molecule has 2 aromatic rings. The second kappa shape index (κ2) is 5.27. The van der Waals surface area contributed by atoms with Gasteiger partial charge in [-0.05, 0) is 29.8 Å². The number of aryl methyl sites for hydroxylation is 1. The van der Waals surface area contributed by atoms with Crippen LogP contribution in [-0.2, 0) is 6.54 Å². The Morgan fingerprint density at radius 2 is 2.24 bits per heavy atom. The van der Waals surface area contributed by atoms with Gasteiger partial charge in [0.05, 0.1) is 10.7 Å².